The molecule has 3 rings (SSSR count). The maximum atomic E-state index is 13.3. The number of nitrogens with two attached hydrogens (primary N) is 1. The van der Waals surface area contributed by atoms with Crippen molar-refractivity contribution in [3.05, 3.63) is 34.8 Å². The molecule has 1 fully saturated rings. The second kappa shape index (κ2) is 7.18. The first-order chi connectivity index (χ1) is 11.1. The summed E-state index contributed by atoms with van der Waals surface area (Å²) in [4.78, 5) is 2.09. The van der Waals surface area contributed by atoms with Crippen molar-refractivity contribution in [2.75, 3.05) is 30.3 Å². The normalized spacial score (nSPS) is 16.0. The number of piperidine rings is 1. The van der Waals surface area contributed by atoms with E-state index in [0.29, 0.717) is 11.2 Å². The van der Waals surface area contributed by atoms with E-state index in [1.165, 1.54) is 23.5 Å². The molecule has 5 nitrogen and oxygen atoms in total. The number of benzene rings is 1. The molecule has 2 heterocycles. The van der Waals surface area contributed by atoms with E-state index in [4.69, 9.17) is 5.73 Å². The highest BCUT2D eigenvalue weighted by molar-refractivity contribution is 7.15. The highest BCUT2D eigenvalue weighted by atomic mass is 32.1. The van der Waals surface area contributed by atoms with Crippen molar-refractivity contribution in [2.24, 2.45) is 0 Å². The van der Waals surface area contributed by atoms with Gasteiger partial charge in [-0.05, 0) is 25.0 Å². The van der Waals surface area contributed by atoms with Gasteiger partial charge in [0.15, 0.2) is 11.6 Å². The van der Waals surface area contributed by atoms with Gasteiger partial charge in [0.2, 0.25) is 5.13 Å². The smallest absolute Gasteiger partial charge is 0.203 e. The average Bonchev–Trinajstić information content (AvgIpc) is 2.96. The molecule has 1 saturated heterocycles. The molecule has 1 aliphatic rings. The van der Waals surface area contributed by atoms with Crippen LogP contribution in [0.1, 0.15) is 17.8 Å². The fourth-order valence-electron chi connectivity index (χ4n) is 2.77. The second-order valence-electron chi connectivity index (χ2n) is 5.60. The number of rotatable bonds is 5. The first-order valence-electron chi connectivity index (χ1n) is 7.63. The number of aromatic nitrogens is 2. The number of hydrogen-bond donors (Lipinski definition) is 2. The second-order valence-corrected chi connectivity index (χ2v) is 6.69. The fourth-order valence-corrected chi connectivity index (χ4v) is 3.38. The molecule has 1 aromatic heterocycles. The summed E-state index contributed by atoms with van der Waals surface area (Å²) in [6.45, 7) is 2.49. The average molecular weight is 339 g/mol. The van der Waals surface area contributed by atoms with Crippen molar-refractivity contribution >= 4 is 22.2 Å². The third-order valence-electron chi connectivity index (χ3n) is 4.02. The molecule has 1 aromatic carbocycles. The van der Waals surface area contributed by atoms with Gasteiger partial charge in [-0.1, -0.05) is 11.3 Å². The van der Waals surface area contributed by atoms with Crippen molar-refractivity contribution < 1.29 is 8.78 Å². The van der Waals surface area contributed by atoms with Gasteiger partial charge in [-0.3, -0.25) is 0 Å². The van der Waals surface area contributed by atoms with Crippen LogP contribution in [0.5, 0.6) is 0 Å². The van der Waals surface area contributed by atoms with Crippen LogP contribution >= 0.6 is 11.3 Å². The topological polar surface area (TPSA) is 67.1 Å². The summed E-state index contributed by atoms with van der Waals surface area (Å²) in [5, 5.41) is 12.7. The van der Waals surface area contributed by atoms with Gasteiger partial charge in [0, 0.05) is 43.9 Å². The van der Waals surface area contributed by atoms with Crippen LogP contribution < -0.4 is 16.0 Å². The van der Waals surface area contributed by atoms with Crippen molar-refractivity contribution in [3.8, 4) is 0 Å². The van der Waals surface area contributed by atoms with E-state index in [1.807, 2.05) is 0 Å². The lowest BCUT2D eigenvalue weighted by molar-refractivity contribution is 0.416. The molecule has 0 unspecified atom stereocenters. The number of nitrogens with one attached hydrogen (secondary N) is 1. The first-order valence-corrected chi connectivity index (χ1v) is 8.44. The Balaban J connectivity index is 1.43. The monoisotopic (exact) mass is 339 g/mol. The molecule has 0 saturated carbocycles. The van der Waals surface area contributed by atoms with Gasteiger partial charge in [-0.15, -0.1) is 10.2 Å². The number of halogens is 2. The van der Waals surface area contributed by atoms with E-state index in [-0.39, 0.29) is 0 Å². The van der Waals surface area contributed by atoms with Crippen LogP contribution in [0.4, 0.5) is 19.6 Å². The lowest BCUT2D eigenvalue weighted by atomic mass is 10.0. The van der Waals surface area contributed by atoms with Crippen molar-refractivity contribution in [2.45, 2.75) is 25.3 Å². The van der Waals surface area contributed by atoms with E-state index in [2.05, 4.69) is 20.4 Å². The zero-order valence-corrected chi connectivity index (χ0v) is 13.5. The minimum atomic E-state index is -0.803. The summed E-state index contributed by atoms with van der Waals surface area (Å²) in [6, 6.07) is 4.51. The molecule has 8 heteroatoms. The number of nitrogen functional groups attached to an aromatic ring is 1. The maximum Gasteiger partial charge on any atom is 0.203 e. The third kappa shape index (κ3) is 4.14. The summed E-state index contributed by atoms with van der Waals surface area (Å²) in [5.41, 5.74) is 6.29. The van der Waals surface area contributed by atoms with E-state index < -0.39 is 11.6 Å². The van der Waals surface area contributed by atoms with Gasteiger partial charge in [0.25, 0.3) is 0 Å². The third-order valence-corrected chi connectivity index (χ3v) is 4.83. The summed E-state index contributed by atoms with van der Waals surface area (Å²) in [5.74, 6) is -1.60. The fraction of sp³-hybridized carbons (Fsp3) is 0.467. The van der Waals surface area contributed by atoms with Gasteiger partial charge in [0.05, 0.1) is 0 Å². The Morgan fingerprint density at radius 3 is 2.65 bits per heavy atom. The Hall–Kier alpha value is -1.80. The van der Waals surface area contributed by atoms with E-state index in [1.54, 1.807) is 6.07 Å². The quantitative estimate of drug-likeness (QED) is 0.874. The van der Waals surface area contributed by atoms with Crippen molar-refractivity contribution in [1.82, 2.24) is 15.5 Å². The Kier molecular flexibility index (Phi) is 5.02. The largest absolute Gasteiger partial charge is 0.374 e. The molecule has 23 heavy (non-hydrogen) atoms. The number of anilines is 2. The van der Waals surface area contributed by atoms with Gasteiger partial charge >= 0.3 is 0 Å². The molecule has 0 amide bonds. The van der Waals surface area contributed by atoms with Crippen LogP contribution in [0.15, 0.2) is 18.2 Å². The van der Waals surface area contributed by atoms with Crippen LogP contribution in [-0.2, 0) is 6.42 Å². The van der Waals surface area contributed by atoms with Crippen molar-refractivity contribution in [1.29, 1.82) is 0 Å². The molecule has 124 valence electrons. The van der Waals surface area contributed by atoms with Crippen LogP contribution in [0.25, 0.3) is 0 Å². The van der Waals surface area contributed by atoms with Crippen LogP contribution in [0, 0.1) is 11.6 Å². The molecular formula is C15H19F2N5S. The zero-order valence-electron chi connectivity index (χ0n) is 12.6. The van der Waals surface area contributed by atoms with E-state index in [9.17, 15) is 8.78 Å². The van der Waals surface area contributed by atoms with Crippen LogP contribution in [0.2, 0.25) is 0 Å². The molecule has 0 atom stereocenters. The SMILES string of the molecule is Nc1nnc(CCNC2CCN(c3ccc(F)c(F)c3)CC2)s1. The van der Waals surface area contributed by atoms with E-state index >= 15 is 0 Å². The molecule has 0 radical (unpaired) electrons. The van der Waals surface area contributed by atoms with Crippen LogP contribution in [0.3, 0.4) is 0 Å². The Bertz CT molecular complexity index is 655. The molecule has 1 aliphatic heterocycles. The summed E-state index contributed by atoms with van der Waals surface area (Å²) in [7, 11) is 0. The van der Waals surface area contributed by atoms with Gasteiger partial charge in [-0.2, -0.15) is 0 Å². The Morgan fingerprint density at radius 2 is 2.00 bits per heavy atom. The predicted octanol–water partition coefficient (Wildman–Crippen LogP) is 2.20. The summed E-state index contributed by atoms with van der Waals surface area (Å²) in [6.07, 6.45) is 2.76. The molecular weight excluding hydrogens is 320 g/mol. The molecule has 0 bridgehead atoms. The highest BCUT2D eigenvalue weighted by Gasteiger charge is 2.19. The Labute approximate surface area is 137 Å². The minimum Gasteiger partial charge on any atom is -0.374 e. The summed E-state index contributed by atoms with van der Waals surface area (Å²) >= 11 is 1.42. The molecule has 0 aliphatic carbocycles. The van der Waals surface area contributed by atoms with Gasteiger partial charge in [-0.25, -0.2) is 8.78 Å². The lowest BCUT2D eigenvalue weighted by Crippen LogP contribution is -2.43. The first kappa shape index (κ1) is 16.1. The highest BCUT2D eigenvalue weighted by Crippen LogP contribution is 2.22. The molecule has 0 spiro atoms. The van der Waals surface area contributed by atoms with Gasteiger partial charge in [0.1, 0.15) is 5.01 Å². The standard InChI is InChI=1S/C15H19F2N5S/c16-12-2-1-11(9-13(12)17)22-7-4-10(5-8-22)19-6-3-14-20-21-15(18)23-14/h1-2,9-10,19H,3-8H2,(H2,18,21). The zero-order chi connectivity index (χ0) is 16.2. The predicted molar refractivity (Wildman–Crippen MR) is 87.6 cm³/mol. The molecule has 3 N–H and O–H groups in total. The number of hydrogen-bond acceptors (Lipinski definition) is 6. The van der Waals surface area contributed by atoms with E-state index in [0.717, 1.165) is 49.6 Å². The molecule has 2 aromatic rings. The van der Waals surface area contributed by atoms with Crippen molar-refractivity contribution in [3.63, 3.8) is 0 Å². The summed E-state index contributed by atoms with van der Waals surface area (Å²) < 4.78 is 26.3. The minimum absolute atomic E-state index is 0.432. The maximum absolute atomic E-state index is 13.3. The van der Waals surface area contributed by atoms with Gasteiger partial charge < -0.3 is 16.0 Å². The number of nitrogens with zero attached hydrogens (tertiary/aromatic N) is 3. The van der Waals surface area contributed by atoms with Crippen LogP contribution in [-0.4, -0.2) is 35.9 Å². The lowest BCUT2D eigenvalue weighted by Gasteiger charge is -2.34. The Morgan fingerprint density at radius 1 is 1.22 bits per heavy atom.